The summed E-state index contributed by atoms with van der Waals surface area (Å²) in [5.41, 5.74) is 12.7. The highest BCUT2D eigenvalue weighted by atomic mass is 15.0. The third-order valence-corrected chi connectivity index (χ3v) is 12.1. The third kappa shape index (κ3) is 7.77. The maximum absolute atomic E-state index is 5.27. The van der Waals surface area contributed by atoms with Crippen molar-refractivity contribution in [3.05, 3.63) is 241 Å². The molecule has 0 atom stereocenters. The van der Waals surface area contributed by atoms with Crippen LogP contribution in [-0.2, 0) is 6.54 Å². The molecule has 0 aliphatic carbocycles. The van der Waals surface area contributed by atoms with Gasteiger partial charge in [-0.25, -0.2) is 15.0 Å². The topological polar surface area (TPSA) is 62.9 Å². The van der Waals surface area contributed by atoms with Gasteiger partial charge in [-0.15, -0.1) is 0 Å². The Morgan fingerprint density at radius 2 is 1.03 bits per heavy atom. The van der Waals surface area contributed by atoms with Crippen LogP contribution in [0.4, 0.5) is 0 Å². The summed E-state index contributed by atoms with van der Waals surface area (Å²) in [5.74, 6) is 1.14. The highest BCUT2D eigenvalue weighted by Gasteiger charge is 2.17. The molecule has 0 radical (unpaired) electrons. The third-order valence-electron chi connectivity index (χ3n) is 12.1. The summed E-state index contributed by atoms with van der Waals surface area (Å²) in [5, 5.41) is 8.03. The smallest absolute Gasteiger partial charge is 0.161 e. The summed E-state index contributed by atoms with van der Waals surface area (Å²) in [4.78, 5) is 24.0. The summed E-state index contributed by atoms with van der Waals surface area (Å²) in [6.07, 6.45) is 3.81. The number of para-hydroxylation sites is 1. The van der Waals surface area contributed by atoms with Crippen LogP contribution in [0, 0.1) is 0 Å². The summed E-state index contributed by atoms with van der Waals surface area (Å²) in [6, 6.07) is 74.5. The summed E-state index contributed by atoms with van der Waals surface area (Å²) >= 11 is 0. The summed E-state index contributed by atoms with van der Waals surface area (Å²) in [7, 11) is 0. The lowest BCUT2D eigenvalue weighted by molar-refractivity contribution is 1.06. The minimum Gasteiger partial charge on any atom is -0.264 e. The predicted octanol–water partition coefficient (Wildman–Crippen LogP) is 14.9. The molecule has 9 aromatic carbocycles. The Bertz CT molecular complexity index is 3630. The molecular formula is C60H41N5. The van der Waals surface area contributed by atoms with Crippen LogP contribution < -0.4 is 0 Å². The second kappa shape index (κ2) is 17.2. The molecule has 0 spiro atoms. The normalized spacial score (nSPS) is 12.0. The van der Waals surface area contributed by atoms with E-state index in [-0.39, 0.29) is 0 Å². The van der Waals surface area contributed by atoms with Gasteiger partial charge in [0.1, 0.15) is 0 Å². The van der Waals surface area contributed by atoms with Gasteiger partial charge in [0.2, 0.25) is 0 Å². The SMILES string of the molecule is C=NC(=NC(=NCc1ccc(-c2cc(-c3ccc4ccccc4c3)cc(-c3ccc(-c4nc5ccccc5c5ccncc45)c4ccccc34)c2)cc1)c1ccccc1)c1ccccc1. The molecule has 11 rings (SSSR count). The van der Waals surface area contributed by atoms with Gasteiger partial charge in [-0.05, 0) is 109 Å². The highest BCUT2D eigenvalue weighted by molar-refractivity contribution is 6.15. The van der Waals surface area contributed by atoms with Crippen molar-refractivity contribution in [1.82, 2.24) is 9.97 Å². The van der Waals surface area contributed by atoms with E-state index in [2.05, 4.69) is 168 Å². The number of amidine groups is 2. The molecule has 0 saturated heterocycles. The average Bonchev–Trinajstić information content (AvgIpc) is 3.38. The van der Waals surface area contributed by atoms with Crippen molar-refractivity contribution >= 4 is 61.6 Å². The number of hydrogen-bond acceptors (Lipinski definition) is 3. The molecule has 65 heavy (non-hydrogen) atoms. The molecule has 2 aromatic heterocycles. The van der Waals surface area contributed by atoms with E-state index in [4.69, 9.17) is 15.0 Å². The lowest BCUT2D eigenvalue weighted by Gasteiger charge is -2.16. The van der Waals surface area contributed by atoms with Gasteiger partial charge in [0, 0.05) is 39.9 Å². The molecule has 2 heterocycles. The van der Waals surface area contributed by atoms with Crippen molar-refractivity contribution < 1.29 is 0 Å². The van der Waals surface area contributed by atoms with Gasteiger partial charge in [0.25, 0.3) is 0 Å². The Morgan fingerprint density at radius 3 is 1.78 bits per heavy atom. The average molecular weight is 832 g/mol. The molecule has 0 amide bonds. The molecule has 11 aromatic rings. The van der Waals surface area contributed by atoms with Crippen LogP contribution >= 0.6 is 0 Å². The van der Waals surface area contributed by atoms with Crippen molar-refractivity contribution in [3.8, 4) is 44.6 Å². The maximum Gasteiger partial charge on any atom is 0.161 e. The van der Waals surface area contributed by atoms with Crippen LogP contribution in [0.5, 0.6) is 0 Å². The first-order valence-electron chi connectivity index (χ1n) is 21.8. The second-order valence-electron chi connectivity index (χ2n) is 16.1. The first-order chi connectivity index (χ1) is 32.2. The number of nitrogens with zero attached hydrogens (tertiary/aromatic N) is 5. The fourth-order valence-electron chi connectivity index (χ4n) is 8.87. The van der Waals surface area contributed by atoms with Gasteiger partial charge in [-0.3, -0.25) is 9.98 Å². The Hall–Kier alpha value is -8.67. The van der Waals surface area contributed by atoms with E-state index in [0.717, 1.165) is 93.8 Å². The quantitative estimate of drug-likeness (QED) is 0.0870. The molecule has 0 fully saturated rings. The lowest BCUT2D eigenvalue weighted by Crippen LogP contribution is -2.05. The molecule has 0 N–H and O–H groups in total. The number of benzene rings is 9. The van der Waals surface area contributed by atoms with Gasteiger partial charge in [0.05, 0.1) is 17.8 Å². The van der Waals surface area contributed by atoms with Crippen LogP contribution in [0.25, 0.3) is 87.9 Å². The molecule has 306 valence electrons. The first-order valence-corrected chi connectivity index (χ1v) is 21.8. The van der Waals surface area contributed by atoms with E-state index in [1.807, 2.05) is 73.1 Å². The molecule has 0 aliphatic rings. The van der Waals surface area contributed by atoms with Crippen LogP contribution in [0.3, 0.4) is 0 Å². The molecule has 0 bridgehead atoms. The maximum atomic E-state index is 5.27. The van der Waals surface area contributed by atoms with Gasteiger partial charge in [-0.1, -0.05) is 176 Å². The van der Waals surface area contributed by atoms with Gasteiger partial charge in [0.15, 0.2) is 11.7 Å². The predicted molar refractivity (Wildman–Crippen MR) is 273 cm³/mol. The van der Waals surface area contributed by atoms with Crippen LogP contribution in [0.2, 0.25) is 0 Å². The Morgan fingerprint density at radius 1 is 0.431 bits per heavy atom. The molecule has 0 unspecified atom stereocenters. The van der Waals surface area contributed by atoms with E-state index >= 15 is 0 Å². The number of fused-ring (bicyclic) bond motifs is 5. The zero-order chi connectivity index (χ0) is 43.5. The van der Waals surface area contributed by atoms with Crippen LogP contribution in [0.1, 0.15) is 16.7 Å². The number of rotatable bonds is 8. The Labute approximate surface area is 377 Å². The highest BCUT2D eigenvalue weighted by Crippen LogP contribution is 2.41. The fourth-order valence-corrected chi connectivity index (χ4v) is 8.87. The monoisotopic (exact) mass is 831 g/mol. The molecule has 0 aliphatic heterocycles. The van der Waals surface area contributed by atoms with E-state index < -0.39 is 0 Å². The van der Waals surface area contributed by atoms with Crippen molar-refractivity contribution in [2.45, 2.75) is 6.54 Å². The molecule has 5 nitrogen and oxygen atoms in total. The minimum atomic E-state index is 0.450. The summed E-state index contributed by atoms with van der Waals surface area (Å²) < 4.78 is 0. The zero-order valence-electron chi connectivity index (χ0n) is 35.5. The van der Waals surface area contributed by atoms with Gasteiger partial charge in [-0.2, -0.15) is 0 Å². The largest absolute Gasteiger partial charge is 0.264 e. The van der Waals surface area contributed by atoms with Gasteiger partial charge < -0.3 is 0 Å². The van der Waals surface area contributed by atoms with Crippen molar-refractivity contribution in [1.29, 1.82) is 0 Å². The fraction of sp³-hybridized carbons (Fsp3) is 0.0167. The van der Waals surface area contributed by atoms with E-state index in [1.54, 1.807) is 0 Å². The van der Waals surface area contributed by atoms with Gasteiger partial charge >= 0.3 is 0 Å². The number of hydrogen-bond donors (Lipinski definition) is 0. The van der Waals surface area contributed by atoms with Crippen molar-refractivity contribution in [3.63, 3.8) is 0 Å². The Kier molecular flexibility index (Phi) is 10.4. The van der Waals surface area contributed by atoms with E-state index in [9.17, 15) is 0 Å². The first kappa shape index (κ1) is 39.2. The Balaban J connectivity index is 1.01. The second-order valence-corrected chi connectivity index (χ2v) is 16.1. The number of aliphatic imine (C=N–C) groups is 3. The number of aromatic nitrogens is 2. The summed E-state index contributed by atoms with van der Waals surface area (Å²) in [6.45, 7) is 4.26. The van der Waals surface area contributed by atoms with Crippen LogP contribution in [-0.4, -0.2) is 28.4 Å². The number of pyridine rings is 2. The van der Waals surface area contributed by atoms with E-state index in [0.29, 0.717) is 18.2 Å². The van der Waals surface area contributed by atoms with Crippen molar-refractivity contribution in [2.24, 2.45) is 15.0 Å². The van der Waals surface area contributed by atoms with Crippen molar-refractivity contribution in [2.75, 3.05) is 0 Å². The zero-order valence-corrected chi connectivity index (χ0v) is 35.5. The minimum absolute atomic E-state index is 0.450. The van der Waals surface area contributed by atoms with Crippen LogP contribution in [0.15, 0.2) is 240 Å². The van der Waals surface area contributed by atoms with E-state index in [1.165, 1.54) is 10.8 Å². The molecule has 0 saturated carbocycles. The molecule has 5 heteroatoms. The standard InChI is InChI=1S/C60H41N5/c1-61-59(43-15-4-2-5-16-43)65-60(44-17-6-3-7-18-44)63-38-40-24-26-42(27-25-40)47-35-48(46-29-28-41-14-8-9-19-45(41)34-46)37-49(36-47)50-30-31-55(52-21-11-10-20-51(50)52)58-56-39-62-33-32-53(56)54-22-12-13-23-57(54)64-58/h2-37,39H,1,38H2. The molecular weight excluding hydrogens is 791 g/mol. The lowest BCUT2D eigenvalue weighted by atomic mass is 9.88.